The van der Waals surface area contributed by atoms with E-state index in [-0.39, 0.29) is 28.3 Å². The fourth-order valence-corrected chi connectivity index (χ4v) is 3.94. The minimum absolute atomic E-state index is 0.0319. The van der Waals surface area contributed by atoms with Crippen LogP contribution in [-0.2, 0) is 9.53 Å². The normalized spacial score (nSPS) is 30.1. The molecule has 0 amide bonds. The van der Waals surface area contributed by atoms with Gasteiger partial charge < -0.3 is 4.74 Å². The quantitative estimate of drug-likeness (QED) is 0.647. The molecule has 0 aromatic heterocycles. The van der Waals surface area contributed by atoms with Gasteiger partial charge in [-0.25, -0.2) is 0 Å². The first-order chi connectivity index (χ1) is 7.71. The van der Waals surface area contributed by atoms with Gasteiger partial charge in [0.15, 0.2) is 0 Å². The Balaban J connectivity index is 2.10. The van der Waals surface area contributed by atoms with Gasteiger partial charge in [-0.2, -0.15) is 0 Å². The fourth-order valence-electron chi connectivity index (χ4n) is 3.94. The highest BCUT2D eigenvalue weighted by molar-refractivity contribution is 5.79. The van der Waals surface area contributed by atoms with Crippen LogP contribution in [0.5, 0.6) is 0 Å². The molecule has 0 N–H and O–H groups in total. The van der Waals surface area contributed by atoms with Gasteiger partial charge >= 0.3 is 5.97 Å². The van der Waals surface area contributed by atoms with Crippen LogP contribution in [0.1, 0.15) is 66.7 Å². The topological polar surface area (TPSA) is 26.3 Å². The highest BCUT2D eigenvalue weighted by Crippen LogP contribution is 2.75. The van der Waals surface area contributed by atoms with Gasteiger partial charge in [0.25, 0.3) is 0 Å². The third-order valence-corrected chi connectivity index (χ3v) is 4.86. The van der Waals surface area contributed by atoms with Crippen molar-refractivity contribution in [3.63, 3.8) is 0 Å². The van der Waals surface area contributed by atoms with Gasteiger partial charge in [0.1, 0.15) is 5.60 Å². The number of hydrogen-bond donors (Lipinski definition) is 0. The number of hydrogen-bond acceptors (Lipinski definition) is 2. The number of rotatable bonds is 1. The van der Waals surface area contributed by atoms with Crippen LogP contribution >= 0.6 is 0 Å². The molecule has 2 aliphatic rings. The third-order valence-electron chi connectivity index (χ3n) is 4.86. The Labute approximate surface area is 105 Å². The van der Waals surface area contributed by atoms with E-state index in [4.69, 9.17) is 4.74 Å². The smallest absolute Gasteiger partial charge is 0.310 e. The lowest BCUT2D eigenvalue weighted by molar-refractivity contribution is -0.158. The number of carbonyl (C=O) groups excluding carboxylic acids is 1. The molecule has 2 saturated carbocycles. The maximum Gasteiger partial charge on any atom is 0.310 e. The van der Waals surface area contributed by atoms with Crippen molar-refractivity contribution >= 4 is 5.97 Å². The Hall–Kier alpha value is -0.530. The molecule has 2 rings (SSSR count). The molecule has 0 aromatic rings. The third kappa shape index (κ3) is 2.00. The van der Waals surface area contributed by atoms with E-state index in [2.05, 4.69) is 13.8 Å². The summed E-state index contributed by atoms with van der Waals surface area (Å²) in [5.41, 5.74) is 0.0505. The van der Waals surface area contributed by atoms with Crippen molar-refractivity contribution in [1.82, 2.24) is 0 Å². The average molecular weight is 238 g/mol. The van der Waals surface area contributed by atoms with Gasteiger partial charge in [0.05, 0.1) is 5.92 Å². The van der Waals surface area contributed by atoms with Crippen molar-refractivity contribution < 1.29 is 9.53 Å². The van der Waals surface area contributed by atoms with E-state index < -0.39 is 0 Å². The Morgan fingerprint density at radius 3 is 2.12 bits per heavy atom. The van der Waals surface area contributed by atoms with Gasteiger partial charge in [-0.3, -0.25) is 4.79 Å². The molecule has 1 spiro atoms. The molecule has 2 nitrogen and oxygen atoms in total. The monoisotopic (exact) mass is 238 g/mol. The molecule has 0 saturated heterocycles. The lowest BCUT2D eigenvalue weighted by Gasteiger charge is -2.25. The highest BCUT2D eigenvalue weighted by atomic mass is 16.6. The molecular formula is C15H26O2. The summed E-state index contributed by atoms with van der Waals surface area (Å²) in [7, 11) is 0. The lowest BCUT2D eigenvalue weighted by atomic mass is 9.80. The fraction of sp³-hybridized carbons (Fsp3) is 0.933. The molecule has 0 aromatic carbocycles. The molecule has 0 heterocycles. The van der Waals surface area contributed by atoms with Crippen molar-refractivity contribution in [3.8, 4) is 0 Å². The molecular weight excluding hydrogens is 212 g/mol. The zero-order valence-corrected chi connectivity index (χ0v) is 11.9. The zero-order valence-electron chi connectivity index (χ0n) is 11.9. The van der Waals surface area contributed by atoms with Gasteiger partial charge in [-0.1, -0.05) is 33.1 Å². The van der Waals surface area contributed by atoms with Crippen LogP contribution in [0.3, 0.4) is 0 Å². The zero-order chi connectivity index (χ0) is 12.9. The molecule has 98 valence electrons. The predicted octanol–water partition coefficient (Wildman–Crippen LogP) is 3.93. The van der Waals surface area contributed by atoms with Crippen LogP contribution in [0, 0.1) is 16.7 Å². The first-order valence-corrected chi connectivity index (χ1v) is 6.94. The SMILES string of the molecule is CC(C)(C)OC(=O)C1C(C)(C)C12CCCCC2. The largest absolute Gasteiger partial charge is 0.460 e. The Bertz CT molecular complexity index is 316. The van der Waals surface area contributed by atoms with Crippen LogP contribution in [0.25, 0.3) is 0 Å². The van der Waals surface area contributed by atoms with E-state index in [1.807, 2.05) is 20.8 Å². The van der Waals surface area contributed by atoms with Crippen LogP contribution < -0.4 is 0 Å². The summed E-state index contributed by atoms with van der Waals surface area (Å²) in [6.45, 7) is 10.3. The van der Waals surface area contributed by atoms with Crippen molar-refractivity contribution in [1.29, 1.82) is 0 Å². The van der Waals surface area contributed by atoms with Crippen LogP contribution in [-0.4, -0.2) is 11.6 Å². The van der Waals surface area contributed by atoms with Crippen molar-refractivity contribution in [2.45, 2.75) is 72.3 Å². The summed E-state index contributed by atoms with van der Waals surface area (Å²) in [6, 6.07) is 0. The number of ether oxygens (including phenoxy) is 1. The van der Waals surface area contributed by atoms with E-state index in [9.17, 15) is 4.79 Å². The summed E-state index contributed by atoms with van der Waals surface area (Å²) in [5.74, 6) is 0.166. The second-order valence-corrected chi connectivity index (χ2v) is 7.40. The lowest BCUT2D eigenvalue weighted by Crippen LogP contribution is -2.27. The van der Waals surface area contributed by atoms with E-state index in [1.165, 1.54) is 32.1 Å². The van der Waals surface area contributed by atoms with Crippen LogP contribution in [0.4, 0.5) is 0 Å². The van der Waals surface area contributed by atoms with Gasteiger partial charge in [-0.15, -0.1) is 0 Å². The molecule has 17 heavy (non-hydrogen) atoms. The maximum atomic E-state index is 12.3. The van der Waals surface area contributed by atoms with Crippen molar-refractivity contribution in [2.24, 2.45) is 16.7 Å². The minimum atomic E-state index is -0.356. The summed E-state index contributed by atoms with van der Waals surface area (Å²) in [5, 5.41) is 0. The first-order valence-electron chi connectivity index (χ1n) is 6.94. The molecule has 0 aliphatic heterocycles. The van der Waals surface area contributed by atoms with E-state index in [0.717, 1.165) is 0 Å². The van der Waals surface area contributed by atoms with E-state index in [1.54, 1.807) is 0 Å². The van der Waals surface area contributed by atoms with E-state index in [0.29, 0.717) is 0 Å². The summed E-state index contributed by atoms with van der Waals surface area (Å²) in [4.78, 5) is 12.3. The Kier molecular flexibility index (Phi) is 2.83. The van der Waals surface area contributed by atoms with Crippen LogP contribution in [0.2, 0.25) is 0 Å². The van der Waals surface area contributed by atoms with Crippen LogP contribution in [0.15, 0.2) is 0 Å². The predicted molar refractivity (Wildman–Crippen MR) is 68.6 cm³/mol. The number of esters is 1. The molecule has 0 radical (unpaired) electrons. The maximum absolute atomic E-state index is 12.3. The molecule has 2 fully saturated rings. The van der Waals surface area contributed by atoms with E-state index >= 15 is 0 Å². The first kappa shape index (κ1) is 12.9. The molecule has 2 aliphatic carbocycles. The standard InChI is InChI=1S/C15H26O2/c1-13(2,3)17-12(16)11-14(4,5)15(11)9-7-6-8-10-15/h11H,6-10H2,1-5H3. The van der Waals surface area contributed by atoms with Gasteiger partial charge in [0, 0.05) is 0 Å². The second-order valence-electron chi connectivity index (χ2n) is 7.40. The minimum Gasteiger partial charge on any atom is -0.460 e. The van der Waals surface area contributed by atoms with Gasteiger partial charge in [-0.05, 0) is 44.4 Å². The number of carbonyl (C=O) groups is 1. The Morgan fingerprint density at radius 2 is 1.65 bits per heavy atom. The van der Waals surface area contributed by atoms with Crippen molar-refractivity contribution in [2.75, 3.05) is 0 Å². The summed E-state index contributed by atoms with van der Waals surface area (Å²) >= 11 is 0. The summed E-state index contributed by atoms with van der Waals surface area (Å²) in [6.07, 6.45) is 6.32. The molecule has 1 atom stereocenters. The second kappa shape index (κ2) is 3.73. The summed E-state index contributed by atoms with van der Waals surface area (Å²) < 4.78 is 5.59. The average Bonchev–Trinajstić information content (AvgIpc) is 2.60. The van der Waals surface area contributed by atoms with Gasteiger partial charge in [0.2, 0.25) is 0 Å². The molecule has 1 unspecified atom stereocenters. The van der Waals surface area contributed by atoms with Crippen molar-refractivity contribution in [3.05, 3.63) is 0 Å². The molecule has 2 heteroatoms. The Morgan fingerprint density at radius 1 is 1.12 bits per heavy atom. The molecule has 0 bridgehead atoms. The highest BCUT2D eigenvalue weighted by Gasteiger charge is 2.73.